The van der Waals surface area contributed by atoms with E-state index in [4.69, 9.17) is 11.2 Å². The molecule has 1 unspecified atom stereocenters. The van der Waals surface area contributed by atoms with Gasteiger partial charge in [0.25, 0.3) is 0 Å². The van der Waals surface area contributed by atoms with Crippen molar-refractivity contribution >= 4 is 18.0 Å². The molecule has 0 bridgehead atoms. The predicted octanol–water partition coefficient (Wildman–Crippen LogP) is 5.71. The van der Waals surface area contributed by atoms with E-state index in [-0.39, 0.29) is 11.9 Å². The van der Waals surface area contributed by atoms with E-state index in [1.807, 2.05) is 4.68 Å². The van der Waals surface area contributed by atoms with Gasteiger partial charge in [0, 0.05) is 31.1 Å². The van der Waals surface area contributed by atoms with Gasteiger partial charge in [-0.25, -0.2) is 0 Å². The Morgan fingerprint density at radius 3 is 2.63 bits per heavy atom. The first-order chi connectivity index (χ1) is 17.2. The predicted molar refractivity (Wildman–Crippen MR) is 140 cm³/mol. The minimum Gasteiger partial charge on any atom is -0.469 e. The molecule has 1 heterocycles. The molecule has 7 nitrogen and oxygen atoms in total. The van der Waals surface area contributed by atoms with E-state index in [1.165, 1.54) is 14.0 Å². The fourth-order valence-electron chi connectivity index (χ4n) is 3.74. The molecule has 0 aromatic carbocycles. The Morgan fingerprint density at radius 1 is 1.14 bits per heavy atom. The molecule has 0 amide bonds. The van der Waals surface area contributed by atoms with Crippen molar-refractivity contribution in [3.63, 3.8) is 0 Å². The zero-order chi connectivity index (χ0) is 26.8. The van der Waals surface area contributed by atoms with Crippen LogP contribution in [-0.4, -0.2) is 46.6 Å². The molecule has 0 saturated heterocycles. The highest BCUT2D eigenvalue weighted by molar-refractivity contribution is 5.69. The number of hydrogen-bond acceptors (Lipinski definition) is 6. The molecule has 0 fully saturated rings. The molecule has 0 aliphatic carbocycles. The summed E-state index contributed by atoms with van der Waals surface area (Å²) in [5.41, 5.74) is 2.94. The van der Waals surface area contributed by atoms with Gasteiger partial charge in [0.2, 0.25) is 0 Å². The molecule has 35 heavy (non-hydrogen) atoms. The summed E-state index contributed by atoms with van der Waals surface area (Å²) in [6.45, 7) is 6.83. The van der Waals surface area contributed by atoms with E-state index in [2.05, 4.69) is 30.7 Å². The standard InChI is InChI=1S/C28H46N2O5/c1-5-6-11-16-25(32)19-20-27-26(17-12-7-8-13-18-28(33)34-4)23(2)30(29-27)21-14-9-10-15-22-35-24(3)31/h7,12,19-20,25,32H,5-6,8-11,13-18,21-22H2,1-4H3/b12-7-,20-19+/i25T. The Morgan fingerprint density at radius 2 is 1.91 bits per heavy atom. The van der Waals surface area contributed by atoms with Crippen LogP contribution >= 0.6 is 0 Å². The number of nitrogens with zero attached hydrogens (tertiary/aromatic N) is 2. The topological polar surface area (TPSA) is 90.6 Å². The molecule has 1 atom stereocenters. The van der Waals surface area contributed by atoms with Gasteiger partial charge in [-0.1, -0.05) is 50.8 Å². The summed E-state index contributed by atoms with van der Waals surface area (Å²) >= 11 is 0. The lowest BCUT2D eigenvalue weighted by Gasteiger charge is -2.05. The number of unbranched alkanes of at least 4 members (excludes halogenated alkanes) is 6. The van der Waals surface area contributed by atoms with Gasteiger partial charge < -0.3 is 14.6 Å². The Bertz CT molecular complexity index is 845. The van der Waals surface area contributed by atoms with Crippen LogP contribution in [0.1, 0.15) is 103 Å². The van der Waals surface area contributed by atoms with E-state index in [9.17, 15) is 14.7 Å². The van der Waals surface area contributed by atoms with Crippen LogP contribution in [0.5, 0.6) is 0 Å². The smallest absolute Gasteiger partial charge is 0.305 e. The molecule has 0 saturated carbocycles. The molecule has 0 aliphatic heterocycles. The first kappa shape index (κ1) is 28.8. The molecule has 0 aliphatic rings. The van der Waals surface area contributed by atoms with Crippen molar-refractivity contribution in [2.75, 3.05) is 13.7 Å². The number of aromatic nitrogens is 2. The van der Waals surface area contributed by atoms with Crippen LogP contribution in [-0.2, 0) is 32.0 Å². The van der Waals surface area contributed by atoms with E-state index in [1.54, 1.807) is 12.2 Å². The van der Waals surface area contributed by atoms with Crippen LogP contribution in [0.25, 0.3) is 6.08 Å². The van der Waals surface area contributed by atoms with E-state index in [0.717, 1.165) is 81.3 Å². The Balaban J connectivity index is 2.80. The first-order valence-corrected chi connectivity index (χ1v) is 13.0. The fourth-order valence-corrected chi connectivity index (χ4v) is 3.74. The highest BCUT2D eigenvalue weighted by Crippen LogP contribution is 2.19. The SMILES string of the molecule is [3H]C(O)(/C=C/c1nn(CCCCCCOC(C)=O)c(C)c1C/C=C\CCCC(=O)OC)CCCCC. The number of methoxy groups -OCH3 is 1. The molecular weight excluding hydrogens is 444 g/mol. The molecule has 7 heteroatoms. The first-order valence-electron chi connectivity index (χ1n) is 13.5. The van der Waals surface area contributed by atoms with E-state index >= 15 is 0 Å². The van der Waals surface area contributed by atoms with Crippen molar-refractivity contribution in [3.8, 4) is 0 Å². The summed E-state index contributed by atoms with van der Waals surface area (Å²) in [5.74, 6) is -0.432. The highest BCUT2D eigenvalue weighted by atomic mass is 16.5. The summed E-state index contributed by atoms with van der Waals surface area (Å²) in [6.07, 6.45) is 15.6. The maximum atomic E-state index is 11.3. The zero-order valence-corrected chi connectivity index (χ0v) is 22.2. The minimum absolute atomic E-state index is 0.193. The molecule has 1 aromatic rings. The number of aliphatic hydroxyl groups is 1. The molecule has 0 spiro atoms. The second kappa shape index (κ2) is 18.9. The van der Waals surface area contributed by atoms with Gasteiger partial charge in [-0.15, -0.1) is 0 Å². The van der Waals surface area contributed by atoms with Gasteiger partial charge in [0.15, 0.2) is 0 Å². The quantitative estimate of drug-likeness (QED) is 0.151. The van der Waals surface area contributed by atoms with Gasteiger partial charge >= 0.3 is 11.9 Å². The molecule has 1 N–H and O–H groups in total. The van der Waals surface area contributed by atoms with Crippen molar-refractivity contribution in [1.82, 2.24) is 9.78 Å². The van der Waals surface area contributed by atoms with E-state index < -0.39 is 6.08 Å². The van der Waals surface area contributed by atoms with Gasteiger partial charge in [-0.3, -0.25) is 14.3 Å². The van der Waals surface area contributed by atoms with Crippen molar-refractivity contribution in [2.45, 2.75) is 110 Å². The third-order valence-corrected chi connectivity index (χ3v) is 5.87. The molecular formula is C28H46N2O5. The summed E-state index contributed by atoms with van der Waals surface area (Å²) in [4.78, 5) is 22.1. The monoisotopic (exact) mass is 492 g/mol. The van der Waals surface area contributed by atoms with Gasteiger partial charge in [0.05, 0.1) is 26.9 Å². The van der Waals surface area contributed by atoms with Crippen molar-refractivity contribution < 1.29 is 25.5 Å². The lowest BCUT2D eigenvalue weighted by Crippen LogP contribution is -2.04. The third kappa shape index (κ3) is 13.9. The maximum absolute atomic E-state index is 11.3. The summed E-state index contributed by atoms with van der Waals surface area (Å²) in [7, 11) is 1.40. The lowest BCUT2D eigenvalue weighted by molar-refractivity contribution is -0.141. The number of esters is 2. The average molecular weight is 493 g/mol. The number of rotatable bonds is 19. The molecule has 198 valence electrons. The highest BCUT2D eigenvalue weighted by Gasteiger charge is 2.12. The number of aryl methyl sites for hydroxylation is 1. The second-order valence-electron chi connectivity index (χ2n) is 8.85. The zero-order valence-electron chi connectivity index (χ0n) is 23.2. The van der Waals surface area contributed by atoms with Crippen LogP contribution in [0.15, 0.2) is 18.2 Å². The average Bonchev–Trinajstić information content (AvgIpc) is 3.13. The number of hydrogen-bond donors (Lipinski definition) is 1. The number of carbonyl (C=O) groups is 2. The molecule has 1 aromatic heterocycles. The lowest BCUT2D eigenvalue weighted by atomic mass is 10.1. The molecule has 1 rings (SSSR count). The Labute approximate surface area is 213 Å². The van der Waals surface area contributed by atoms with Gasteiger partial charge in [-0.2, -0.15) is 5.10 Å². The number of ether oxygens (including phenoxy) is 2. The Kier molecular flexibility index (Phi) is 15.5. The summed E-state index contributed by atoms with van der Waals surface area (Å²) in [5, 5.41) is 15.2. The van der Waals surface area contributed by atoms with Crippen molar-refractivity contribution in [2.24, 2.45) is 0 Å². The largest absolute Gasteiger partial charge is 0.469 e. The van der Waals surface area contributed by atoms with Crippen molar-refractivity contribution in [1.29, 1.82) is 0 Å². The van der Waals surface area contributed by atoms with Crippen LogP contribution in [0.2, 0.25) is 0 Å². The van der Waals surface area contributed by atoms with Gasteiger partial charge in [-0.05, 0) is 57.9 Å². The third-order valence-electron chi connectivity index (χ3n) is 5.87. The van der Waals surface area contributed by atoms with Gasteiger partial charge in [0.1, 0.15) is 0 Å². The van der Waals surface area contributed by atoms with E-state index in [0.29, 0.717) is 25.9 Å². The summed E-state index contributed by atoms with van der Waals surface area (Å²) in [6, 6.07) is 0. The van der Waals surface area contributed by atoms with Crippen molar-refractivity contribution in [3.05, 3.63) is 35.2 Å². The van der Waals surface area contributed by atoms with Crippen LogP contribution in [0.4, 0.5) is 0 Å². The van der Waals surface area contributed by atoms with Crippen LogP contribution < -0.4 is 0 Å². The van der Waals surface area contributed by atoms with Crippen LogP contribution in [0.3, 0.4) is 0 Å². The minimum atomic E-state index is -1.60. The number of carbonyl (C=O) groups excluding carboxylic acids is 2. The second-order valence-corrected chi connectivity index (χ2v) is 8.85. The maximum Gasteiger partial charge on any atom is 0.305 e. The van der Waals surface area contributed by atoms with Crippen LogP contribution in [0, 0.1) is 6.92 Å². The number of allylic oxidation sites excluding steroid dienone is 2. The molecule has 0 radical (unpaired) electrons. The normalized spacial score (nSPS) is 13.8. The fraction of sp³-hybridized carbons (Fsp3) is 0.679. The Hall–Kier alpha value is -2.41. The summed E-state index contributed by atoms with van der Waals surface area (Å²) < 4.78 is 19.9.